The van der Waals surface area contributed by atoms with E-state index in [1.807, 2.05) is 6.92 Å². The molecule has 0 unspecified atom stereocenters. The van der Waals surface area contributed by atoms with Gasteiger partial charge in [-0.2, -0.15) is 0 Å². The molecule has 2 N–H and O–H groups in total. The molecule has 130 valence electrons. The zero-order valence-electron chi connectivity index (χ0n) is 13.8. The molecule has 0 radical (unpaired) electrons. The number of aryl methyl sites for hydroxylation is 4. The molecule has 0 fully saturated rings. The third kappa shape index (κ3) is 3.36. The zero-order chi connectivity index (χ0) is 17.4. The van der Waals surface area contributed by atoms with E-state index in [1.165, 1.54) is 28.2 Å². The Morgan fingerprint density at radius 1 is 1.32 bits per heavy atom. The van der Waals surface area contributed by atoms with Gasteiger partial charge in [0.15, 0.2) is 5.13 Å². The molecule has 25 heavy (non-hydrogen) atoms. The summed E-state index contributed by atoms with van der Waals surface area (Å²) < 4.78 is 0. The number of hydrogen-bond acceptors (Lipinski definition) is 6. The zero-order valence-corrected chi connectivity index (χ0v) is 15.5. The maximum absolute atomic E-state index is 12.5. The summed E-state index contributed by atoms with van der Waals surface area (Å²) in [6.07, 6.45) is 6.72. The first-order chi connectivity index (χ1) is 12.1. The van der Waals surface area contributed by atoms with E-state index >= 15 is 0 Å². The van der Waals surface area contributed by atoms with E-state index in [4.69, 9.17) is 0 Å². The molecular formula is C17H18N4O2S2. The number of H-pyrrole nitrogens is 1. The summed E-state index contributed by atoms with van der Waals surface area (Å²) in [4.78, 5) is 39.2. The monoisotopic (exact) mass is 374 g/mol. The largest absolute Gasteiger partial charge is 0.310 e. The van der Waals surface area contributed by atoms with E-state index < -0.39 is 0 Å². The van der Waals surface area contributed by atoms with Gasteiger partial charge >= 0.3 is 0 Å². The Morgan fingerprint density at radius 3 is 2.96 bits per heavy atom. The number of anilines is 1. The molecule has 3 aromatic heterocycles. The minimum Gasteiger partial charge on any atom is -0.310 e. The number of rotatable bonds is 4. The van der Waals surface area contributed by atoms with Crippen molar-refractivity contribution in [2.75, 3.05) is 5.32 Å². The average molecular weight is 374 g/mol. The Kier molecular flexibility index (Phi) is 4.39. The van der Waals surface area contributed by atoms with Crippen LogP contribution >= 0.6 is 22.7 Å². The van der Waals surface area contributed by atoms with Crippen LogP contribution in [0.2, 0.25) is 0 Å². The van der Waals surface area contributed by atoms with E-state index in [0.717, 1.165) is 34.4 Å². The van der Waals surface area contributed by atoms with Gasteiger partial charge < -0.3 is 10.3 Å². The second kappa shape index (κ2) is 6.68. The van der Waals surface area contributed by atoms with Crippen LogP contribution < -0.4 is 10.9 Å². The Balaban J connectivity index is 1.50. The summed E-state index contributed by atoms with van der Waals surface area (Å²) in [5.41, 5.74) is 1.11. The number of carbonyl (C=O) groups is 1. The summed E-state index contributed by atoms with van der Waals surface area (Å²) in [5, 5.41) is 4.13. The lowest BCUT2D eigenvalue weighted by molar-refractivity contribution is -0.116. The van der Waals surface area contributed by atoms with E-state index in [2.05, 4.69) is 20.3 Å². The number of amides is 1. The Hall–Kier alpha value is -2.06. The van der Waals surface area contributed by atoms with Crippen LogP contribution in [0.25, 0.3) is 10.2 Å². The molecule has 0 spiro atoms. The van der Waals surface area contributed by atoms with Gasteiger partial charge in [-0.25, -0.2) is 9.97 Å². The highest BCUT2D eigenvalue weighted by Gasteiger charge is 2.19. The molecule has 3 aromatic rings. The molecule has 0 aromatic carbocycles. The first-order valence-corrected chi connectivity index (χ1v) is 9.99. The third-order valence-electron chi connectivity index (χ3n) is 4.33. The van der Waals surface area contributed by atoms with Crippen molar-refractivity contribution < 1.29 is 4.79 Å². The number of fused-ring (bicyclic) bond motifs is 3. The van der Waals surface area contributed by atoms with Crippen molar-refractivity contribution in [3.05, 3.63) is 37.7 Å². The van der Waals surface area contributed by atoms with Gasteiger partial charge in [0.05, 0.1) is 5.39 Å². The number of carbonyl (C=O) groups excluding carboxylic acids is 1. The van der Waals surface area contributed by atoms with Crippen molar-refractivity contribution in [1.82, 2.24) is 15.0 Å². The SMILES string of the molecule is Cc1cnc(NC(=O)CCc2nc3sc4c(c3c(=O)[nH]2)CCCC4)s1. The van der Waals surface area contributed by atoms with Crippen LogP contribution in [-0.2, 0) is 24.1 Å². The molecule has 0 saturated carbocycles. The standard InChI is InChI=1S/C17H18N4O2S2/c1-9-8-18-17(24-9)21-13(22)7-6-12-19-15(23)14-10-4-2-3-5-11(10)25-16(14)20-12/h8H,2-7H2,1H3,(H,18,21,22)(H,19,20,23). The molecule has 6 nitrogen and oxygen atoms in total. The van der Waals surface area contributed by atoms with Crippen LogP contribution in [-0.4, -0.2) is 20.9 Å². The van der Waals surface area contributed by atoms with Crippen LogP contribution in [0.1, 0.15) is 40.4 Å². The van der Waals surface area contributed by atoms with Crippen molar-refractivity contribution in [3.8, 4) is 0 Å². The van der Waals surface area contributed by atoms with Gasteiger partial charge in [-0.05, 0) is 38.2 Å². The molecule has 1 aliphatic carbocycles. The summed E-state index contributed by atoms with van der Waals surface area (Å²) in [7, 11) is 0. The molecule has 3 heterocycles. The van der Waals surface area contributed by atoms with Crippen LogP contribution in [0.5, 0.6) is 0 Å². The Bertz CT molecular complexity index is 1000. The number of aromatic amines is 1. The maximum atomic E-state index is 12.5. The quantitative estimate of drug-likeness (QED) is 0.734. The fraction of sp³-hybridized carbons (Fsp3) is 0.412. The molecule has 0 saturated heterocycles. The number of hydrogen-bond donors (Lipinski definition) is 2. The fourth-order valence-corrected chi connectivity index (χ4v) is 5.11. The van der Waals surface area contributed by atoms with Crippen molar-refractivity contribution in [1.29, 1.82) is 0 Å². The number of aromatic nitrogens is 3. The fourth-order valence-electron chi connectivity index (χ4n) is 3.15. The number of nitrogens with zero attached hydrogens (tertiary/aromatic N) is 2. The third-order valence-corrected chi connectivity index (χ3v) is 6.34. The lowest BCUT2D eigenvalue weighted by atomic mass is 9.97. The number of nitrogens with one attached hydrogen (secondary N) is 2. The maximum Gasteiger partial charge on any atom is 0.259 e. The molecule has 0 aliphatic heterocycles. The van der Waals surface area contributed by atoms with Gasteiger partial charge in [0, 0.05) is 28.8 Å². The van der Waals surface area contributed by atoms with Crippen molar-refractivity contribution in [3.63, 3.8) is 0 Å². The first kappa shape index (κ1) is 16.4. The highest BCUT2D eigenvalue weighted by molar-refractivity contribution is 7.18. The van der Waals surface area contributed by atoms with Gasteiger partial charge in [-0.3, -0.25) is 9.59 Å². The summed E-state index contributed by atoms with van der Waals surface area (Å²) in [5.74, 6) is 0.448. The Morgan fingerprint density at radius 2 is 2.16 bits per heavy atom. The highest BCUT2D eigenvalue weighted by Crippen LogP contribution is 2.33. The van der Waals surface area contributed by atoms with Crippen LogP contribution in [0.4, 0.5) is 5.13 Å². The van der Waals surface area contributed by atoms with E-state index in [9.17, 15) is 9.59 Å². The average Bonchev–Trinajstić information content (AvgIpc) is 3.16. The Labute approximate surface area is 152 Å². The highest BCUT2D eigenvalue weighted by atomic mass is 32.1. The molecule has 8 heteroatoms. The van der Waals surface area contributed by atoms with Gasteiger partial charge in [0.1, 0.15) is 10.7 Å². The van der Waals surface area contributed by atoms with Crippen LogP contribution in [0.15, 0.2) is 11.0 Å². The number of thiophene rings is 1. The van der Waals surface area contributed by atoms with Crippen molar-refractivity contribution in [2.45, 2.75) is 45.4 Å². The van der Waals surface area contributed by atoms with E-state index in [1.54, 1.807) is 17.5 Å². The molecule has 0 atom stereocenters. The van der Waals surface area contributed by atoms with Gasteiger partial charge in [-0.15, -0.1) is 22.7 Å². The molecular weight excluding hydrogens is 356 g/mol. The van der Waals surface area contributed by atoms with E-state index in [-0.39, 0.29) is 17.9 Å². The molecule has 1 aliphatic rings. The van der Waals surface area contributed by atoms with Crippen LogP contribution in [0.3, 0.4) is 0 Å². The second-order valence-corrected chi connectivity index (χ2v) is 8.55. The lowest BCUT2D eigenvalue weighted by Crippen LogP contribution is -2.16. The second-order valence-electron chi connectivity index (χ2n) is 6.23. The van der Waals surface area contributed by atoms with Crippen LogP contribution in [0, 0.1) is 6.92 Å². The topological polar surface area (TPSA) is 87.7 Å². The summed E-state index contributed by atoms with van der Waals surface area (Å²) in [6, 6.07) is 0. The van der Waals surface area contributed by atoms with Gasteiger partial charge in [0.25, 0.3) is 5.56 Å². The van der Waals surface area contributed by atoms with Gasteiger partial charge in [0.2, 0.25) is 5.91 Å². The normalized spacial score (nSPS) is 13.8. The number of thiazole rings is 1. The first-order valence-electron chi connectivity index (χ1n) is 8.36. The van der Waals surface area contributed by atoms with E-state index in [0.29, 0.717) is 17.4 Å². The van der Waals surface area contributed by atoms with Gasteiger partial charge in [-0.1, -0.05) is 0 Å². The molecule has 1 amide bonds. The lowest BCUT2D eigenvalue weighted by Gasteiger charge is -2.09. The minimum atomic E-state index is -0.123. The predicted octanol–water partition coefficient (Wildman–Crippen LogP) is 3.20. The van der Waals surface area contributed by atoms with Crippen molar-refractivity contribution >= 4 is 43.9 Å². The predicted molar refractivity (Wildman–Crippen MR) is 101 cm³/mol. The summed E-state index contributed by atoms with van der Waals surface area (Å²) >= 11 is 3.07. The van der Waals surface area contributed by atoms with Crippen molar-refractivity contribution in [2.24, 2.45) is 0 Å². The summed E-state index contributed by atoms with van der Waals surface area (Å²) in [6.45, 7) is 1.94. The smallest absolute Gasteiger partial charge is 0.259 e. The molecule has 4 rings (SSSR count). The minimum absolute atomic E-state index is 0.0737. The molecule has 0 bridgehead atoms.